The van der Waals surface area contributed by atoms with E-state index in [-0.39, 0.29) is 6.04 Å². The SMILES string of the molecule is CC(N)Cc1ccc(N2CCOCC2)c(Cl)c1. The minimum absolute atomic E-state index is 0.167. The van der Waals surface area contributed by atoms with Gasteiger partial charge in [-0.1, -0.05) is 17.7 Å². The molecular formula is C13H19ClN2O. The fourth-order valence-electron chi connectivity index (χ4n) is 2.11. The van der Waals surface area contributed by atoms with E-state index in [0.29, 0.717) is 0 Å². The first-order chi connectivity index (χ1) is 8.16. The van der Waals surface area contributed by atoms with Crippen LogP contribution >= 0.6 is 11.6 Å². The minimum Gasteiger partial charge on any atom is -0.378 e. The predicted octanol–water partition coefficient (Wildman–Crippen LogP) is 2.07. The molecule has 0 amide bonds. The molecule has 1 aliphatic heterocycles. The van der Waals surface area contributed by atoms with Crippen molar-refractivity contribution in [3.05, 3.63) is 28.8 Å². The monoisotopic (exact) mass is 254 g/mol. The van der Waals surface area contributed by atoms with Crippen LogP contribution in [0.3, 0.4) is 0 Å². The molecular weight excluding hydrogens is 236 g/mol. The molecule has 1 fully saturated rings. The van der Waals surface area contributed by atoms with E-state index in [1.165, 1.54) is 5.56 Å². The Morgan fingerprint density at radius 1 is 1.41 bits per heavy atom. The van der Waals surface area contributed by atoms with Crippen LogP contribution in [0.25, 0.3) is 0 Å². The lowest BCUT2D eigenvalue weighted by molar-refractivity contribution is 0.122. The van der Waals surface area contributed by atoms with Gasteiger partial charge in [-0.2, -0.15) is 0 Å². The van der Waals surface area contributed by atoms with Crippen LogP contribution in [0.15, 0.2) is 18.2 Å². The van der Waals surface area contributed by atoms with Gasteiger partial charge in [-0.3, -0.25) is 0 Å². The van der Waals surface area contributed by atoms with Crippen LogP contribution < -0.4 is 10.6 Å². The predicted molar refractivity (Wildman–Crippen MR) is 71.8 cm³/mol. The molecule has 94 valence electrons. The molecule has 2 rings (SSSR count). The van der Waals surface area contributed by atoms with Gasteiger partial charge in [-0.05, 0) is 31.0 Å². The molecule has 0 spiro atoms. The third kappa shape index (κ3) is 3.35. The maximum absolute atomic E-state index is 6.32. The number of ether oxygens (including phenoxy) is 1. The van der Waals surface area contributed by atoms with Crippen molar-refractivity contribution >= 4 is 17.3 Å². The van der Waals surface area contributed by atoms with E-state index >= 15 is 0 Å². The molecule has 1 atom stereocenters. The molecule has 1 unspecified atom stereocenters. The first-order valence-electron chi connectivity index (χ1n) is 6.03. The number of anilines is 1. The minimum atomic E-state index is 0.167. The highest BCUT2D eigenvalue weighted by molar-refractivity contribution is 6.33. The Morgan fingerprint density at radius 2 is 2.12 bits per heavy atom. The highest BCUT2D eigenvalue weighted by Gasteiger charge is 2.14. The van der Waals surface area contributed by atoms with Crippen LogP contribution in [0.5, 0.6) is 0 Å². The zero-order chi connectivity index (χ0) is 12.3. The van der Waals surface area contributed by atoms with Crippen molar-refractivity contribution in [2.24, 2.45) is 5.73 Å². The Kier molecular flexibility index (Phi) is 4.26. The molecule has 0 aromatic heterocycles. The quantitative estimate of drug-likeness (QED) is 0.898. The lowest BCUT2D eigenvalue weighted by Crippen LogP contribution is -2.36. The summed E-state index contributed by atoms with van der Waals surface area (Å²) in [6.45, 7) is 5.37. The number of nitrogens with two attached hydrogens (primary N) is 1. The van der Waals surface area contributed by atoms with Gasteiger partial charge in [0, 0.05) is 19.1 Å². The average molecular weight is 255 g/mol. The third-order valence-electron chi connectivity index (χ3n) is 2.92. The first kappa shape index (κ1) is 12.7. The van der Waals surface area contributed by atoms with E-state index in [2.05, 4.69) is 17.0 Å². The van der Waals surface area contributed by atoms with Gasteiger partial charge in [0.1, 0.15) is 0 Å². The van der Waals surface area contributed by atoms with Gasteiger partial charge in [0.25, 0.3) is 0 Å². The van der Waals surface area contributed by atoms with Crippen LogP contribution in [0.4, 0.5) is 5.69 Å². The topological polar surface area (TPSA) is 38.5 Å². The second-order valence-corrected chi connectivity index (χ2v) is 4.97. The van der Waals surface area contributed by atoms with Crippen LogP contribution in [-0.4, -0.2) is 32.3 Å². The molecule has 1 saturated heterocycles. The van der Waals surface area contributed by atoms with Gasteiger partial charge in [0.2, 0.25) is 0 Å². The normalized spacial score (nSPS) is 18.2. The molecule has 17 heavy (non-hydrogen) atoms. The largest absolute Gasteiger partial charge is 0.378 e. The molecule has 1 aromatic rings. The van der Waals surface area contributed by atoms with Crippen molar-refractivity contribution in [2.75, 3.05) is 31.2 Å². The first-order valence-corrected chi connectivity index (χ1v) is 6.41. The standard InChI is InChI=1S/C13H19ClN2O/c1-10(15)8-11-2-3-13(12(14)9-11)16-4-6-17-7-5-16/h2-3,9-10H,4-8,15H2,1H3. The summed E-state index contributed by atoms with van der Waals surface area (Å²) in [5.41, 5.74) is 8.08. The molecule has 0 saturated carbocycles. The van der Waals surface area contributed by atoms with Crippen LogP contribution in [-0.2, 0) is 11.2 Å². The molecule has 0 aliphatic carbocycles. The Hall–Kier alpha value is -0.770. The van der Waals surface area contributed by atoms with E-state index in [0.717, 1.165) is 43.4 Å². The zero-order valence-electron chi connectivity index (χ0n) is 10.2. The molecule has 2 N–H and O–H groups in total. The molecule has 3 nitrogen and oxygen atoms in total. The Bertz CT molecular complexity index is 376. The number of morpholine rings is 1. The van der Waals surface area contributed by atoms with Gasteiger partial charge in [-0.15, -0.1) is 0 Å². The van der Waals surface area contributed by atoms with Crippen molar-refractivity contribution in [2.45, 2.75) is 19.4 Å². The van der Waals surface area contributed by atoms with E-state index < -0.39 is 0 Å². The zero-order valence-corrected chi connectivity index (χ0v) is 10.9. The Labute approximate surface area is 107 Å². The van der Waals surface area contributed by atoms with E-state index in [4.69, 9.17) is 22.1 Å². The lowest BCUT2D eigenvalue weighted by Gasteiger charge is -2.29. The molecule has 1 aliphatic rings. The maximum atomic E-state index is 6.32. The van der Waals surface area contributed by atoms with Crippen LogP contribution in [0.2, 0.25) is 5.02 Å². The second-order valence-electron chi connectivity index (χ2n) is 4.57. The number of hydrogen-bond donors (Lipinski definition) is 1. The fraction of sp³-hybridized carbons (Fsp3) is 0.538. The van der Waals surface area contributed by atoms with E-state index in [9.17, 15) is 0 Å². The summed E-state index contributed by atoms with van der Waals surface area (Å²) in [6.07, 6.45) is 0.864. The lowest BCUT2D eigenvalue weighted by atomic mass is 10.1. The van der Waals surface area contributed by atoms with Gasteiger partial charge in [0.15, 0.2) is 0 Å². The molecule has 4 heteroatoms. The van der Waals surface area contributed by atoms with Crippen LogP contribution in [0.1, 0.15) is 12.5 Å². The molecule has 1 heterocycles. The van der Waals surface area contributed by atoms with Gasteiger partial charge in [-0.25, -0.2) is 0 Å². The summed E-state index contributed by atoms with van der Waals surface area (Å²) in [7, 11) is 0. The van der Waals surface area contributed by atoms with E-state index in [1.54, 1.807) is 0 Å². The smallest absolute Gasteiger partial charge is 0.0642 e. The van der Waals surface area contributed by atoms with Crippen molar-refractivity contribution in [1.82, 2.24) is 0 Å². The summed E-state index contributed by atoms with van der Waals surface area (Å²) < 4.78 is 5.34. The van der Waals surface area contributed by atoms with Crippen molar-refractivity contribution < 1.29 is 4.74 Å². The summed E-state index contributed by atoms with van der Waals surface area (Å²) in [5, 5.41) is 0.810. The number of hydrogen-bond acceptors (Lipinski definition) is 3. The highest BCUT2D eigenvalue weighted by atomic mass is 35.5. The highest BCUT2D eigenvalue weighted by Crippen LogP contribution is 2.27. The summed E-state index contributed by atoms with van der Waals surface area (Å²) in [6, 6.07) is 6.39. The Balaban J connectivity index is 2.13. The summed E-state index contributed by atoms with van der Waals surface area (Å²) >= 11 is 6.32. The Morgan fingerprint density at radius 3 is 2.71 bits per heavy atom. The third-order valence-corrected chi connectivity index (χ3v) is 3.22. The van der Waals surface area contributed by atoms with Crippen LogP contribution in [0, 0.1) is 0 Å². The number of benzene rings is 1. The van der Waals surface area contributed by atoms with Crippen molar-refractivity contribution in [1.29, 1.82) is 0 Å². The summed E-state index contributed by atoms with van der Waals surface area (Å²) in [4.78, 5) is 2.27. The molecule has 0 radical (unpaired) electrons. The maximum Gasteiger partial charge on any atom is 0.0642 e. The average Bonchev–Trinajstić information content (AvgIpc) is 2.29. The second kappa shape index (κ2) is 5.71. The molecule has 1 aromatic carbocycles. The summed E-state index contributed by atoms with van der Waals surface area (Å²) in [5.74, 6) is 0. The van der Waals surface area contributed by atoms with Crippen molar-refractivity contribution in [3.63, 3.8) is 0 Å². The van der Waals surface area contributed by atoms with Crippen molar-refractivity contribution in [3.8, 4) is 0 Å². The molecule has 0 bridgehead atoms. The number of nitrogens with zero attached hydrogens (tertiary/aromatic N) is 1. The fourth-order valence-corrected chi connectivity index (χ4v) is 2.43. The number of rotatable bonds is 3. The van der Waals surface area contributed by atoms with E-state index in [1.807, 2.05) is 13.0 Å². The van der Waals surface area contributed by atoms with Gasteiger partial charge >= 0.3 is 0 Å². The van der Waals surface area contributed by atoms with Gasteiger partial charge in [0.05, 0.1) is 23.9 Å². The van der Waals surface area contributed by atoms with Gasteiger partial charge < -0.3 is 15.4 Å². The number of halogens is 1.